The number of esters is 3. The lowest BCUT2D eigenvalue weighted by Gasteiger charge is -2.18. The number of ether oxygens (including phenoxy) is 3. The van der Waals surface area contributed by atoms with E-state index in [0.29, 0.717) is 19.3 Å². The third kappa shape index (κ3) is 55.0. The van der Waals surface area contributed by atoms with Crippen molar-refractivity contribution < 1.29 is 28.6 Å². The lowest BCUT2D eigenvalue weighted by atomic mass is 10.1. The van der Waals surface area contributed by atoms with Crippen molar-refractivity contribution in [1.82, 2.24) is 0 Å². The van der Waals surface area contributed by atoms with Crippen LogP contribution in [0.1, 0.15) is 258 Å². The van der Waals surface area contributed by atoms with E-state index in [1.54, 1.807) is 0 Å². The summed E-state index contributed by atoms with van der Waals surface area (Å²) in [6.07, 6.45) is 78.2. The lowest BCUT2D eigenvalue weighted by Crippen LogP contribution is -2.30. The third-order valence-electron chi connectivity index (χ3n) is 12.0. The molecular weight excluding hydrogens is 865 g/mol. The fourth-order valence-electron chi connectivity index (χ4n) is 7.69. The number of carbonyl (C=O) groups is 3. The van der Waals surface area contributed by atoms with Crippen LogP contribution in [0, 0.1) is 0 Å². The third-order valence-corrected chi connectivity index (χ3v) is 12.0. The SMILES string of the molecule is CC/C=C\C/C=C\C/C=C\C/C=C\C/C=C\C/C=C\CCCCCCCCCCC(=O)OCC(COC(=O)CCCCCCCC)OC(=O)CCCCCCCC/C=C\C/C=C\C/C=C\CCCCC. The van der Waals surface area contributed by atoms with Crippen molar-refractivity contribution in [2.24, 2.45) is 0 Å². The summed E-state index contributed by atoms with van der Waals surface area (Å²) in [5, 5.41) is 0. The molecule has 0 aliphatic rings. The van der Waals surface area contributed by atoms with Gasteiger partial charge in [0, 0.05) is 19.3 Å². The van der Waals surface area contributed by atoms with Crippen LogP contribution in [0.3, 0.4) is 0 Å². The summed E-state index contributed by atoms with van der Waals surface area (Å²) in [7, 11) is 0. The van der Waals surface area contributed by atoms with Gasteiger partial charge in [0.05, 0.1) is 0 Å². The van der Waals surface area contributed by atoms with E-state index in [1.807, 2.05) is 0 Å². The van der Waals surface area contributed by atoms with Gasteiger partial charge in [-0.15, -0.1) is 0 Å². The van der Waals surface area contributed by atoms with E-state index in [1.165, 1.54) is 89.9 Å². The fourth-order valence-corrected chi connectivity index (χ4v) is 7.69. The Balaban J connectivity index is 4.20. The Kier molecular flexibility index (Phi) is 54.4. The highest BCUT2D eigenvalue weighted by Gasteiger charge is 2.19. The summed E-state index contributed by atoms with van der Waals surface area (Å²) in [4.78, 5) is 37.9. The zero-order valence-electron chi connectivity index (χ0n) is 45.5. The van der Waals surface area contributed by atoms with Crippen LogP contribution in [0.4, 0.5) is 0 Å². The molecule has 0 rings (SSSR count). The largest absolute Gasteiger partial charge is 0.462 e. The van der Waals surface area contributed by atoms with Crippen LogP contribution in [0.2, 0.25) is 0 Å². The molecule has 70 heavy (non-hydrogen) atoms. The van der Waals surface area contributed by atoms with Gasteiger partial charge in [0.25, 0.3) is 0 Å². The van der Waals surface area contributed by atoms with E-state index in [9.17, 15) is 14.4 Å². The molecule has 1 atom stereocenters. The van der Waals surface area contributed by atoms with Gasteiger partial charge < -0.3 is 14.2 Å². The molecule has 0 saturated heterocycles. The van der Waals surface area contributed by atoms with Crippen LogP contribution in [0.5, 0.6) is 0 Å². The van der Waals surface area contributed by atoms with Crippen LogP contribution in [-0.2, 0) is 28.6 Å². The Morgan fingerprint density at radius 1 is 0.300 bits per heavy atom. The van der Waals surface area contributed by atoms with Gasteiger partial charge in [-0.2, -0.15) is 0 Å². The number of rotatable bonds is 51. The summed E-state index contributed by atoms with van der Waals surface area (Å²) in [6.45, 7) is 6.42. The van der Waals surface area contributed by atoms with Gasteiger partial charge in [-0.1, -0.05) is 239 Å². The van der Waals surface area contributed by atoms with Gasteiger partial charge in [-0.3, -0.25) is 14.4 Å². The maximum absolute atomic E-state index is 12.8. The molecule has 0 heterocycles. The first-order valence-electron chi connectivity index (χ1n) is 28.9. The topological polar surface area (TPSA) is 78.9 Å². The second kappa shape index (κ2) is 57.6. The Bertz CT molecular complexity index is 1440. The molecule has 0 aromatic rings. The molecule has 0 aliphatic carbocycles. The van der Waals surface area contributed by atoms with E-state index in [-0.39, 0.29) is 31.1 Å². The van der Waals surface area contributed by atoms with Crippen LogP contribution in [-0.4, -0.2) is 37.2 Å². The second-order valence-corrected chi connectivity index (χ2v) is 18.8. The van der Waals surface area contributed by atoms with Crippen molar-refractivity contribution in [3.63, 3.8) is 0 Å². The van der Waals surface area contributed by atoms with Crippen LogP contribution in [0.15, 0.2) is 109 Å². The minimum atomic E-state index is -0.787. The standard InChI is InChI=1S/C64H106O6/c1-4-7-10-13-16-18-20-22-24-26-28-29-30-31-32-33-34-35-37-38-40-42-44-46-48-51-54-57-63(66)69-60-61(59-68-62(65)56-53-50-15-12-9-6-3)70-64(67)58-55-52-49-47-45-43-41-39-36-27-25-23-21-19-17-14-11-8-5-2/h7,10,16-19,22-25,28-29,31-32,34-36,39,61H,4-6,8-9,11-15,20-21,26-27,30,33,37-38,40-60H2,1-3H3/b10-7-,18-16-,19-17-,24-22-,25-23-,29-28-,32-31-,35-34-,39-36-. The van der Waals surface area contributed by atoms with Gasteiger partial charge in [0.2, 0.25) is 0 Å². The van der Waals surface area contributed by atoms with Gasteiger partial charge in [0.15, 0.2) is 6.10 Å². The van der Waals surface area contributed by atoms with Crippen molar-refractivity contribution in [1.29, 1.82) is 0 Å². The molecule has 0 aliphatic heterocycles. The maximum Gasteiger partial charge on any atom is 0.306 e. The van der Waals surface area contributed by atoms with Crippen LogP contribution >= 0.6 is 0 Å². The molecule has 1 unspecified atom stereocenters. The first-order valence-corrected chi connectivity index (χ1v) is 28.9. The molecule has 0 amide bonds. The van der Waals surface area contributed by atoms with Crippen LogP contribution < -0.4 is 0 Å². The molecule has 0 aromatic carbocycles. The normalized spacial score (nSPS) is 12.9. The Hall–Kier alpha value is -3.93. The average molecular weight is 972 g/mol. The number of unbranched alkanes of at least 4 members (excludes halogenated alkanes) is 22. The summed E-state index contributed by atoms with van der Waals surface area (Å²) in [6, 6.07) is 0. The number of hydrogen-bond acceptors (Lipinski definition) is 6. The molecule has 0 saturated carbocycles. The van der Waals surface area contributed by atoms with E-state index in [0.717, 1.165) is 128 Å². The number of hydrogen-bond donors (Lipinski definition) is 0. The first kappa shape index (κ1) is 66.1. The van der Waals surface area contributed by atoms with Crippen molar-refractivity contribution in [2.75, 3.05) is 13.2 Å². The maximum atomic E-state index is 12.8. The van der Waals surface area contributed by atoms with E-state index < -0.39 is 6.10 Å². The van der Waals surface area contributed by atoms with Gasteiger partial charge in [-0.05, 0) is 109 Å². The van der Waals surface area contributed by atoms with Crippen molar-refractivity contribution in [2.45, 2.75) is 264 Å². The Labute approximate surface area is 431 Å². The molecule has 0 spiro atoms. The highest BCUT2D eigenvalue weighted by atomic mass is 16.6. The van der Waals surface area contributed by atoms with Crippen molar-refractivity contribution in [3.05, 3.63) is 109 Å². The minimum absolute atomic E-state index is 0.0870. The monoisotopic (exact) mass is 971 g/mol. The molecule has 0 fully saturated rings. The van der Waals surface area contributed by atoms with Gasteiger partial charge in [0.1, 0.15) is 13.2 Å². The van der Waals surface area contributed by atoms with E-state index >= 15 is 0 Å². The van der Waals surface area contributed by atoms with Crippen molar-refractivity contribution >= 4 is 17.9 Å². The first-order chi connectivity index (χ1) is 34.5. The lowest BCUT2D eigenvalue weighted by molar-refractivity contribution is -0.167. The summed E-state index contributed by atoms with van der Waals surface area (Å²) in [5.74, 6) is -0.918. The van der Waals surface area contributed by atoms with E-state index in [4.69, 9.17) is 14.2 Å². The Morgan fingerprint density at radius 3 is 0.900 bits per heavy atom. The summed E-state index contributed by atoms with van der Waals surface area (Å²) >= 11 is 0. The fraction of sp³-hybridized carbons (Fsp3) is 0.672. The van der Waals surface area contributed by atoms with Crippen LogP contribution in [0.25, 0.3) is 0 Å². The summed E-state index contributed by atoms with van der Waals surface area (Å²) in [5.41, 5.74) is 0. The second-order valence-electron chi connectivity index (χ2n) is 18.8. The van der Waals surface area contributed by atoms with Crippen molar-refractivity contribution in [3.8, 4) is 0 Å². The zero-order chi connectivity index (χ0) is 50.7. The molecule has 0 radical (unpaired) electrons. The molecule has 398 valence electrons. The molecule has 6 nitrogen and oxygen atoms in total. The molecule has 6 heteroatoms. The number of allylic oxidation sites excluding steroid dienone is 18. The smallest absolute Gasteiger partial charge is 0.306 e. The van der Waals surface area contributed by atoms with E-state index in [2.05, 4.69) is 130 Å². The molecule has 0 bridgehead atoms. The predicted octanol–water partition coefficient (Wildman–Crippen LogP) is 19.5. The zero-order valence-corrected chi connectivity index (χ0v) is 45.5. The minimum Gasteiger partial charge on any atom is -0.462 e. The molecule has 0 aromatic heterocycles. The van der Waals surface area contributed by atoms with Gasteiger partial charge >= 0.3 is 17.9 Å². The quantitative estimate of drug-likeness (QED) is 0.0262. The highest BCUT2D eigenvalue weighted by Crippen LogP contribution is 2.14. The highest BCUT2D eigenvalue weighted by molar-refractivity contribution is 5.71. The predicted molar refractivity (Wildman–Crippen MR) is 302 cm³/mol. The van der Waals surface area contributed by atoms with Gasteiger partial charge in [-0.25, -0.2) is 0 Å². The number of carbonyl (C=O) groups excluding carboxylic acids is 3. The Morgan fingerprint density at radius 2 is 0.557 bits per heavy atom. The molecule has 0 N–H and O–H groups in total. The average Bonchev–Trinajstić information content (AvgIpc) is 3.36. The molecular formula is C64H106O6. The summed E-state index contributed by atoms with van der Waals surface area (Å²) < 4.78 is 16.7.